The second-order valence-electron chi connectivity index (χ2n) is 3.65. The molecule has 0 atom stereocenters. The van der Waals surface area contributed by atoms with Crippen LogP contribution in [0.5, 0.6) is 0 Å². The highest BCUT2D eigenvalue weighted by atomic mass is 35.5. The van der Waals surface area contributed by atoms with Crippen LogP contribution in [0.1, 0.15) is 5.56 Å². The lowest BCUT2D eigenvalue weighted by Gasteiger charge is -2.17. The molecule has 0 heterocycles. The van der Waals surface area contributed by atoms with Crippen LogP contribution in [-0.2, 0) is 4.79 Å². The molecule has 0 fully saturated rings. The molecule has 96 valence electrons. The van der Waals surface area contributed by atoms with Gasteiger partial charge in [-0.05, 0) is 17.7 Å². The minimum Gasteiger partial charge on any atom is -0.395 e. The Hall–Kier alpha value is -1.58. The molecule has 1 aromatic carbocycles. The lowest BCUT2D eigenvalue weighted by molar-refractivity contribution is -0.125. The molecule has 0 radical (unpaired) electrons. The van der Waals surface area contributed by atoms with E-state index >= 15 is 0 Å². The topological polar surface area (TPSA) is 40.5 Å². The molecular weight excluding hydrogens is 250 g/mol. The summed E-state index contributed by atoms with van der Waals surface area (Å²) in [7, 11) is 0. The first-order chi connectivity index (χ1) is 8.69. The third-order valence-electron chi connectivity index (χ3n) is 2.34. The van der Waals surface area contributed by atoms with Crippen LogP contribution >= 0.6 is 11.6 Å². The van der Waals surface area contributed by atoms with E-state index in [-0.39, 0.29) is 19.1 Å². The summed E-state index contributed by atoms with van der Waals surface area (Å²) >= 11 is 5.98. The van der Waals surface area contributed by atoms with E-state index in [4.69, 9.17) is 16.7 Å². The maximum Gasteiger partial charge on any atom is 0.246 e. The smallest absolute Gasteiger partial charge is 0.246 e. The van der Waals surface area contributed by atoms with E-state index in [2.05, 4.69) is 6.58 Å². The lowest BCUT2D eigenvalue weighted by atomic mass is 10.2. The Morgan fingerprint density at radius 1 is 1.44 bits per heavy atom. The fourth-order valence-electron chi connectivity index (χ4n) is 1.44. The van der Waals surface area contributed by atoms with Crippen LogP contribution in [0.4, 0.5) is 0 Å². The third-order valence-corrected chi connectivity index (χ3v) is 2.69. The second-order valence-corrected chi connectivity index (χ2v) is 4.06. The number of aliphatic hydroxyl groups excluding tert-OH is 1. The van der Waals surface area contributed by atoms with Crippen LogP contribution in [-0.4, -0.2) is 35.6 Å². The van der Waals surface area contributed by atoms with Crippen LogP contribution in [0.25, 0.3) is 6.08 Å². The molecule has 0 unspecified atom stereocenters. The SMILES string of the molecule is C=CCN(CCO)C(=O)/C=C/c1ccccc1Cl. The Labute approximate surface area is 112 Å². The number of carbonyl (C=O) groups is 1. The van der Waals surface area contributed by atoms with Crippen LogP contribution < -0.4 is 0 Å². The summed E-state index contributed by atoms with van der Waals surface area (Å²) in [6.45, 7) is 4.21. The maximum absolute atomic E-state index is 11.8. The number of amides is 1. The Balaban J connectivity index is 2.73. The van der Waals surface area contributed by atoms with Crippen molar-refractivity contribution in [2.24, 2.45) is 0 Å². The molecule has 0 bridgehead atoms. The molecule has 1 N–H and O–H groups in total. The zero-order valence-corrected chi connectivity index (χ0v) is 10.8. The van der Waals surface area contributed by atoms with Gasteiger partial charge in [0.25, 0.3) is 0 Å². The van der Waals surface area contributed by atoms with Gasteiger partial charge in [0.05, 0.1) is 6.61 Å². The Morgan fingerprint density at radius 3 is 2.78 bits per heavy atom. The number of carbonyl (C=O) groups excluding carboxylic acids is 1. The number of nitrogens with zero attached hydrogens (tertiary/aromatic N) is 1. The van der Waals surface area contributed by atoms with Gasteiger partial charge in [-0.25, -0.2) is 0 Å². The fourth-order valence-corrected chi connectivity index (χ4v) is 1.64. The molecule has 1 amide bonds. The monoisotopic (exact) mass is 265 g/mol. The zero-order chi connectivity index (χ0) is 13.4. The van der Waals surface area contributed by atoms with Crippen LogP contribution in [0, 0.1) is 0 Å². The normalized spacial score (nSPS) is 10.6. The molecule has 0 aliphatic rings. The summed E-state index contributed by atoms with van der Waals surface area (Å²) in [5, 5.41) is 9.46. The van der Waals surface area contributed by atoms with Crippen LogP contribution in [0.3, 0.4) is 0 Å². The maximum atomic E-state index is 11.8. The molecule has 0 aromatic heterocycles. The minimum atomic E-state index is -0.177. The Bertz CT molecular complexity index is 443. The second kappa shape index (κ2) is 7.69. The highest BCUT2D eigenvalue weighted by molar-refractivity contribution is 6.32. The van der Waals surface area contributed by atoms with Gasteiger partial charge in [0, 0.05) is 24.2 Å². The Kier molecular flexibility index (Phi) is 6.19. The average molecular weight is 266 g/mol. The Morgan fingerprint density at radius 2 is 2.17 bits per heavy atom. The first kappa shape index (κ1) is 14.5. The molecule has 0 aliphatic heterocycles. The van der Waals surface area contributed by atoms with Gasteiger partial charge in [-0.3, -0.25) is 4.79 Å². The van der Waals surface area contributed by atoms with Crippen molar-refractivity contribution in [2.75, 3.05) is 19.7 Å². The number of rotatable bonds is 6. The van der Waals surface area contributed by atoms with E-state index in [0.29, 0.717) is 11.6 Å². The summed E-state index contributed by atoms with van der Waals surface area (Å²) < 4.78 is 0. The molecule has 3 nitrogen and oxygen atoms in total. The van der Waals surface area contributed by atoms with Gasteiger partial charge in [-0.1, -0.05) is 35.9 Å². The highest BCUT2D eigenvalue weighted by Gasteiger charge is 2.07. The zero-order valence-electron chi connectivity index (χ0n) is 10.1. The molecule has 0 saturated carbocycles. The van der Waals surface area contributed by atoms with Crippen molar-refractivity contribution < 1.29 is 9.90 Å². The predicted molar refractivity (Wildman–Crippen MR) is 74.3 cm³/mol. The van der Waals surface area contributed by atoms with E-state index in [1.807, 2.05) is 18.2 Å². The summed E-state index contributed by atoms with van der Waals surface area (Å²) in [6.07, 6.45) is 4.73. The lowest BCUT2D eigenvalue weighted by Crippen LogP contribution is -2.32. The number of hydrogen-bond donors (Lipinski definition) is 1. The van der Waals surface area contributed by atoms with Crippen molar-refractivity contribution in [1.82, 2.24) is 4.90 Å². The molecule has 0 spiro atoms. The van der Waals surface area contributed by atoms with Gasteiger partial charge >= 0.3 is 0 Å². The summed E-state index contributed by atoms with van der Waals surface area (Å²) in [4.78, 5) is 13.3. The predicted octanol–water partition coefficient (Wildman–Crippen LogP) is 2.36. The van der Waals surface area contributed by atoms with Gasteiger partial charge in [-0.2, -0.15) is 0 Å². The van der Waals surface area contributed by atoms with Crippen LogP contribution in [0.15, 0.2) is 43.0 Å². The van der Waals surface area contributed by atoms with Crippen molar-refractivity contribution in [3.05, 3.63) is 53.6 Å². The van der Waals surface area contributed by atoms with Crippen molar-refractivity contribution in [3.8, 4) is 0 Å². The van der Waals surface area contributed by atoms with Gasteiger partial charge in [0.15, 0.2) is 0 Å². The summed E-state index contributed by atoms with van der Waals surface area (Å²) in [5.74, 6) is -0.177. The number of aliphatic hydroxyl groups is 1. The van der Waals surface area contributed by atoms with Gasteiger partial charge in [0.1, 0.15) is 0 Å². The van der Waals surface area contributed by atoms with E-state index < -0.39 is 0 Å². The first-order valence-corrected chi connectivity index (χ1v) is 6.00. The minimum absolute atomic E-state index is 0.0699. The standard InChI is InChI=1S/C14H16ClNO2/c1-2-9-16(10-11-17)14(18)8-7-12-5-3-4-6-13(12)15/h2-8,17H,1,9-11H2/b8-7+. The van der Waals surface area contributed by atoms with E-state index in [1.54, 1.807) is 18.2 Å². The van der Waals surface area contributed by atoms with Gasteiger partial charge < -0.3 is 10.0 Å². The molecule has 0 saturated heterocycles. The van der Waals surface area contributed by atoms with Gasteiger partial charge in [0.2, 0.25) is 5.91 Å². The van der Waals surface area contributed by atoms with E-state index in [9.17, 15) is 4.79 Å². The summed E-state index contributed by atoms with van der Waals surface area (Å²) in [5.41, 5.74) is 0.787. The summed E-state index contributed by atoms with van der Waals surface area (Å²) in [6, 6.07) is 7.28. The van der Waals surface area contributed by atoms with Gasteiger partial charge in [-0.15, -0.1) is 6.58 Å². The largest absolute Gasteiger partial charge is 0.395 e. The quantitative estimate of drug-likeness (QED) is 0.634. The number of halogens is 1. The third kappa shape index (κ3) is 4.35. The number of hydrogen-bond acceptors (Lipinski definition) is 2. The van der Waals surface area contributed by atoms with E-state index in [1.165, 1.54) is 11.0 Å². The molecular formula is C14H16ClNO2. The van der Waals surface area contributed by atoms with Crippen molar-refractivity contribution in [3.63, 3.8) is 0 Å². The molecule has 1 rings (SSSR count). The van der Waals surface area contributed by atoms with Crippen LogP contribution in [0.2, 0.25) is 5.02 Å². The fraction of sp³-hybridized carbons (Fsp3) is 0.214. The molecule has 0 aliphatic carbocycles. The van der Waals surface area contributed by atoms with E-state index in [0.717, 1.165) is 5.56 Å². The molecule has 4 heteroatoms. The highest BCUT2D eigenvalue weighted by Crippen LogP contribution is 2.16. The number of benzene rings is 1. The van der Waals surface area contributed by atoms with Crippen molar-refractivity contribution in [1.29, 1.82) is 0 Å². The molecule has 1 aromatic rings. The van der Waals surface area contributed by atoms with Crippen molar-refractivity contribution >= 4 is 23.6 Å². The molecule has 18 heavy (non-hydrogen) atoms. The first-order valence-electron chi connectivity index (χ1n) is 5.62. The van der Waals surface area contributed by atoms with Crippen molar-refractivity contribution in [2.45, 2.75) is 0 Å². The average Bonchev–Trinajstić information content (AvgIpc) is 2.37.